The number of nitrogens with zero attached hydrogens (tertiary/aromatic N) is 2. The maximum Gasteiger partial charge on any atom is 0.120 e. The molecule has 1 N–H and O–H groups in total. The SMILES string of the molecule is COc1ccc2c(c1)Sc1cc3cnn(C)c3cc1N2. The molecule has 0 saturated carbocycles. The molecular weight excluding hydrogens is 270 g/mol. The highest BCUT2D eigenvalue weighted by Crippen LogP contribution is 2.46. The highest BCUT2D eigenvalue weighted by Gasteiger charge is 2.18. The molecule has 4 nitrogen and oxygen atoms in total. The maximum atomic E-state index is 5.29. The van der Waals surface area contributed by atoms with Gasteiger partial charge in [0.05, 0.1) is 30.2 Å². The summed E-state index contributed by atoms with van der Waals surface area (Å²) in [6, 6.07) is 10.4. The molecule has 3 aromatic rings. The zero-order chi connectivity index (χ0) is 13.7. The molecule has 1 aliphatic heterocycles. The lowest BCUT2D eigenvalue weighted by atomic mass is 10.2. The van der Waals surface area contributed by atoms with Gasteiger partial charge in [-0.25, -0.2) is 0 Å². The smallest absolute Gasteiger partial charge is 0.120 e. The summed E-state index contributed by atoms with van der Waals surface area (Å²) in [4.78, 5) is 2.39. The van der Waals surface area contributed by atoms with Crippen LogP contribution in [0.4, 0.5) is 11.4 Å². The van der Waals surface area contributed by atoms with Crippen LogP contribution in [0.15, 0.2) is 46.3 Å². The average molecular weight is 283 g/mol. The van der Waals surface area contributed by atoms with Crippen LogP contribution in [0.1, 0.15) is 0 Å². The molecule has 0 fully saturated rings. The van der Waals surface area contributed by atoms with E-state index in [2.05, 4.69) is 34.7 Å². The molecule has 5 heteroatoms. The number of fused-ring (bicyclic) bond motifs is 3. The summed E-state index contributed by atoms with van der Waals surface area (Å²) < 4.78 is 7.18. The minimum absolute atomic E-state index is 0.879. The van der Waals surface area contributed by atoms with E-state index in [0.717, 1.165) is 28.0 Å². The number of aromatic nitrogens is 2. The lowest BCUT2D eigenvalue weighted by Gasteiger charge is -2.21. The second kappa shape index (κ2) is 4.18. The summed E-state index contributed by atoms with van der Waals surface area (Å²) in [5.41, 5.74) is 3.38. The van der Waals surface area contributed by atoms with Gasteiger partial charge in [-0.05, 0) is 30.3 Å². The Balaban J connectivity index is 1.85. The molecule has 1 aromatic heterocycles. The molecule has 1 aliphatic rings. The molecular formula is C15H13N3OS. The van der Waals surface area contributed by atoms with Crippen molar-refractivity contribution in [2.75, 3.05) is 12.4 Å². The normalized spacial score (nSPS) is 12.7. The zero-order valence-corrected chi connectivity index (χ0v) is 12.0. The fraction of sp³-hybridized carbons (Fsp3) is 0.133. The lowest BCUT2D eigenvalue weighted by molar-refractivity contribution is 0.414. The molecule has 0 bridgehead atoms. The Morgan fingerprint density at radius 3 is 2.85 bits per heavy atom. The van der Waals surface area contributed by atoms with Crippen LogP contribution in [0.25, 0.3) is 10.9 Å². The van der Waals surface area contributed by atoms with Crippen molar-refractivity contribution in [3.8, 4) is 5.75 Å². The van der Waals surface area contributed by atoms with Crippen molar-refractivity contribution >= 4 is 34.0 Å². The fourth-order valence-corrected chi connectivity index (χ4v) is 3.49. The number of hydrogen-bond acceptors (Lipinski definition) is 4. The van der Waals surface area contributed by atoms with Crippen molar-refractivity contribution in [3.63, 3.8) is 0 Å². The number of methoxy groups -OCH3 is 1. The molecule has 0 saturated heterocycles. The van der Waals surface area contributed by atoms with E-state index in [1.807, 2.05) is 24.0 Å². The van der Waals surface area contributed by atoms with Crippen LogP contribution in [-0.2, 0) is 7.05 Å². The van der Waals surface area contributed by atoms with E-state index in [1.165, 1.54) is 9.79 Å². The molecule has 0 unspecified atom stereocenters. The molecule has 0 atom stereocenters. The maximum absolute atomic E-state index is 5.29. The first-order valence-corrected chi connectivity index (χ1v) is 7.15. The number of hydrogen-bond donors (Lipinski definition) is 1. The van der Waals surface area contributed by atoms with Crippen LogP contribution in [-0.4, -0.2) is 16.9 Å². The van der Waals surface area contributed by atoms with Crippen LogP contribution in [0, 0.1) is 0 Å². The first kappa shape index (κ1) is 11.7. The average Bonchev–Trinajstić information content (AvgIpc) is 2.83. The van der Waals surface area contributed by atoms with Gasteiger partial charge in [0.1, 0.15) is 5.75 Å². The van der Waals surface area contributed by atoms with E-state index < -0.39 is 0 Å². The van der Waals surface area contributed by atoms with Crippen molar-refractivity contribution in [1.82, 2.24) is 9.78 Å². The Bertz CT molecular complexity index is 825. The molecule has 0 radical (unpaired) electrons. The fourth-order valence-electron chi connectivity index (χ4n) is 2.44. The summed E-state index contributed by atoms with van der Waals surface area (Å²) in [7, 11) is 3.65. The van der Waals surface area contributed by atoms with Crippen molar-refractivity contribution in [3.05, 3.63) is 36.5 Å². The van der Waals surface area contributed by atoms with Crippen LogP contribution in [0.3, 0.4) is 0 Å². The second-order valence-corrected chi connectivity index (χ2v) is 5.85. The van der Waals surface area contributed by atoms with Crippen molar-refractivity contribution in [2.45, 2.75) is 9.79 Å². The van der Waals surface area contributed by atoms with Crippen molar-refractivity contribution < 1.29 is 4.74 Å². The van der Waals surface area contributed by atoms with E-state index in [-0.39, 0.29) is 0 Å². The Hall–Kier alpha value is -2.14. The minimum Gasteiger partial charge on any atom is -0.497 e. The zero-order valence-electron chi connectivity index (χ0n) is 11.2. The molecule has 0 amide bonds. The number of benzene rings is 2. The van der Waals surface area contributed by atoms with Gasteiger partial charge in [0.15, 0.2) is 0 Å². The third-order valence-corrected chi connectivity index (χ3v) is 4.64. The quantitative estimate of drug-likeness (QED) is 0.577. The minimum atomic E-state index is 0.879. The Labute approximate surface area is 120 Å². The summed E-state index contributed by atoms with van der Waals surface area (Å²) in [6.07, 6.45) is 1.90. The first-order valence-electron chi connectivity index (χ1n) is 6.33. The van der Waals surface area contributed by atoms with E-state index in [4.69, 9.17) is 4.74 Å². The van der Waals surface area contributed by atoms with E-state index in [0.29, 0.717) is 0 Å². The highest BCUT2D eigenvalue weighted by atomic mass is 32.2. The van der Waals surface area contributed by atoms with Gasteiger partial charge in [-0.2, -0.15) is 5.10 Å². The number of nitrogens with one attached hydrogen (secondary N) is 1. The summed E-state index contributed by atoms with van der Waals surface area (Å²) in [5, 5.41) is 8.95. The molecule has 2 aromatic carbocycles. The molecule has 100 valence electrons. The van der Waals surface area contributed by atoms with Gasteiger partial charge in [-0.3, -0.25) is 4.68 Å². The molecule has 0 spiro atoms. The predicted octanol–water partition coefficient (Wildman–Crippen LogP) is 3.79. The predicted molar refractivity (Wildman–Crippen MR) is 81.1 cm³/mol. The van der Waals surface area contributed by atoms with Gasteiger partial charge in [0.2, 0.25) is 0 Å². The second-order valence-electron chi connectivity index (χ2n) is 4.76. The van der Waals surface area contributed by atoms with Gasteiger partial charge in [0, 0.05) is 22.2 Å². The highest BCUT2D eigenvalue weighted by molar-refractivity contribution is 7.99. The first-order chi connectivity index (χ1) is 9.74. The Morgan fingerprint density at radius 2 is 2.00 bits per heavy atom. The Kier molecular flexibility index (Phi) is 2.44. The van der Waals surface area contributed by atoms with Crippen LogP contribution in [0.5, 0.6) is 5.75 Å². The molecule has 20 heavy (non-hydrogen) atoms. The van der Waals surface area contributed by atoms with Crippen LogP contribution in [0.2, 0.25) is 0 Å². The van der Waals surface area contributed by atoms with E-state index in [1.54, 1.807) is 18.9 Å². The van der Waals surface area contributed by atoms with Gasteiger partial charge >= 0.3 is 0 Å². The van der Waals surface area contributed by atoms with E-state index >= 15 is 0 Å². The summed E-state index contributed by atoms with van der Waals surface area (Å²) in [6.45, 7) is 0. The number of ether oxygens (including phenoxy) is 1. The monoisotopic (exact) mass is 283 g/mol. The third-order valence-electron chi connectivity index (χ3n) is 3.53. The molecule has 2 heterocycles. The van der Waals surface area contributed by atoms with Gasteiger partial charge < -0.3 is 10.1 Å². The summed E-state index contributed by atoms with van der Waals surface area (Å²) in [5.74, 6) is 0.879. The molecule has 0 aliphatic carbocycles. The standard InChI is InChI=1S/C15H13N3OS/c1-18-13-7-12-14(5-9(13)8-16-18)20-15-6-10(19-2)3-4-11(15)17-12/h3-8,17H,1-2H3. The van der Waals surface area contributed by atoms with Gasteiger partial charge in [-0.15, -0.1) is 0 Å². The summed E-state index contributed by atoms with van der Waals surface area (Å²) >= 11 is 1.76. The number of rotatable bonds is 1. The van der Waals surface area contributed by atoms with Gasteiger partial charge in [-0.1, -0.05) is 11.8 Å². The Morgan fingerprint density at radius 1 is 1.15 bits per heavy atom. The number of anilines is 2. The van der Waals surface area contributed by atoms with Crippen LogP contribution >= 0.6 is 11.8 Å². The van der Waals surface area contributed by atoms with Crippen LogP contribution < -0.4 is 10.1 Å². The van der Waals surface area contributed by atoms with Crippen molar-refractivity contribution in [1.29, 1.82) is 0 Å². The largest absolute Gasteiger partial charge is 0.497 e. The van der Waals surface area contributed by atoms with Crippen molar-refractivity contribution in [2.24, 2.45) is 7.05 Å². The van der Waals surface area contributed by atoms with E-state index in [9.17, 15) is 0 Å². The lowest BCUT2D eigenvalue weighted by Crippen LogP contribution is -2.00. The number of aryl methyl sites for hydroxylation is 1. The third kappa shape index (κ3) is 1.67. The van der Waals surface area contributed by atoms with Gasteiger partial charge in [0.25, 0.3) is 0 Å². The molecule has 4 rings (SSSR count). The topological polar surface area (TPSA) is 39.1 Å².